The smallest absolute Gasteiger partial charge is 0.251 e. The highest BCUT2D eigenvalue weighted by Gasteiger charge is 2.25. The maximum absolute atomic E-state index is 12.6. The number of fused-ring (bicyclic) bond motifs is 1. The van der Waals surface area contributed by atoms with E-state index >= 15 is 0 Å². The number of nitrogens with one attached hydrogen (secondary N) is 1. The van der Waals surface area contributed by atoms with Crippen molar-refractivity contribution in [2.24, 2.45) is 0 Å². The van der Waals surface area contributed by atoms with Crippen molar-refractivity contribution in [3.63, 3.8) is 0 Å². The zero-order valence-electron chi connectivity index (χ0n) is 21.1. The third-order valence-electron chi connectivity index (χ3n) is 7.07. The Hall–Kier alpha value is -3.11. The minimum absolute atomic E-state index is 0.00728. The molecule has 0 heterocycles. The molecule has 184 valence electrons. The van der Waals surface area contributed by atoms with Crippen molar-refractivity contribution in [3.05, 3.63) is 89.5 Å². The van der Waals surface area contributed by atoms with Crippen LogP contribution < -0.4 is 10.1 Å². The SMILES string of the molecule is CCCN(CCCCNC(=O)c1ccc(-c2ccccc2)cc1)[C@@H]1CCc2c(cccc2OC)C1. The number of amides is 1. The van der Waals surface area contributed by atoms with E-state index < -0.39 is 0 Å². The van der Waals surface area contributed by atoms with Crippen LogP contribution in [0.15, 0.2) is 72.8 Å². The van der Waals surface area contributed by atoms with E-state index in [0.29, 0.717) is 18.2 Å². The molecule has 4 rings (SSSR count). The molecule has 1 N–H and O–H groups in total. The van der Waals surface area contributed by atoms with Crippen LogP contribution in [-0.4, -0.2) is 43.6 Å². The predicted molar refractivity (Wildman–Crippen MR) is 144 cm³/mol. The molecule has 35 heavy (non-hydrogen) atoms. The number of ether oxygens (including phenoxy) is 1. The molecule has 3 aromatic rings. The highest BCUT2D eigenvalue weighted by molar-refractivity contribution is 5.94. The fourth-order valence-electron chi connectivity index (χ4n) is 5.21. The summed E-state index contributed by atoms with van der Waals surface area (Å²) in [5.41, 5.74) is 5.83. The molecule has 0 saturated carbocycles. The van der Waals surface area contributed by atoms with Gasteiger partial charge in [-0.1, -0.05) is 61.5 Å². The van der Waals surface area contributed by atoms with Crippen LogP contribution >= 0.6 is 0 Å². The highest BCUT2D eigenvalue weighted by atomic mass is 16.5. The van der Waals surface area contributed by atoms with Crippen LogP contribution in [0.2, 0.25) is 0 Å². The molecular weight excluding hydrogens is 432 g/mol. The first kappa shape index (κ1) is 25.0. The Morgan fingerprint density at radius 2 is 1.71 bits per heavy atom. The van der Waals surface area contributed by atoms with Gasteiger partial charge in [0.05, 0.1) is 7.11 Å². The van der Waals surface area contributed by atoms with E-state index in [4.69, 9.17) is 4.74 Å². The first-order valence-corrected chi connectivity index (χ1v) is 13.0. The van der Waals surface area contributed by atoms with Gasteiger partial charge < -0.3 is 15.0 Å². The van der Waals surface area contributed by atoms with Crippen LogP contribution in [0, 0.1) is 0 Å². The van der Waals surface area contributed by atoms with Gasteiger partial charge in [0.1, 0.15) is 5.75 Å². The second kappa shape index (κ2) is 12.6. The monoisotopic (exact) mass is 470 g/mol. The average molecular weight is 471 g/mol. The van der Waals surface area contributed by atoms with Gasteiger partial charge >= 0.3 is 0 Å². The van der Waals surface area contributed by atoms with Gasteiger partial charge in [-0.3, -0.25) is 4.79 Å². The van der Waals surface area contributed by atoms with Crippen molar-refractivity contribution in [2.75, 3.05) is 26.7 Å². The molecule has 0 aliphatic heterocycles. The molecule has 0 bridgehead atoms. The standard InChI is InChI=1S/C31H38N2O2/c1-3-21-33(28-18-19-29-27(23-28)12-9-13-30(29)35-2)22-8-7-20-32-31(34)26-16-14-25(15-17-26)24-10-5-4-6-11-24/h4-6,9-17,28H,3,7-8,18-23H2,1-2H3,(H,32,34)/t28-/m1/s1. The molecule has 0 saturated heterocycles. The van der Waals surface area contributed by atoms with Gasteiger partial charge in [0.15, 0.2) is 0 Å². The zero-order chi connectivity index (χ0) is 24.5. The van der Waals surface area contributed by atoms with Crippen LogP contribution in [0.1, 0.15) is 54.1 Å². The molecule has 4 heteroatoms. The summed E-state index contributed by atoms with van der Waals surface area (Å²) < 4.78 is 5.58. The molecule has 1 atom stereocenters. The zero-order valence-corrected chi connectivity index (χ0v) is 21.1. The number of unbranched alkanes of at least 4 members (excludes halogenated alkanes) is 1. The quantitative estimate of drug-likeness (QED) is 0.342. The number of rotatable bonds is 11. The summed E-state index contributed by atoms with van der Waals surface area (Å²) in [4.78, 5) is 15.2. The minimum Gasteiger partial charge on any atom is -0.496 e. The molecule has 0 radical (unpaired) electrons. The van der Waals surface area contributed by atoms with E-state index in [1.54, 1.807) is 7.11 Å². The van der Waals surface area contributed by atoms with E-state index in [0.717, 1.165) is 62.1 Å². The Kier molecular flexibility index (Phi) is 8.96. The molecule has 0 unspecified atom stereocenters. The number of carbonyl (C=O) groups is 1. The lowest BCUT2D eigenvalue weighted by Crippen LogP contribution is -2.40. The third kappa shape index (κ3) is 6.52. The number of benzene rings is 3. The van der Waals surface area contributed by atoms with Crippen LogP contribution in [0.4, 0.5) is 0 Å². The Morgan fingerprint density at radius 1 is 0.943 bits per heavy atom. The average Bonchev–Trinajstić information content (AvgIpc) is 2.92. The summed E-state index contributed by atoms with van der Waals surface area (Å²) in [6.45, 7) is 5.18. The maximum Gasteiger partial charge on any atom is 0.251 e. The Bertz CT molecular complexity index is 1080. The predicted octanol–water partition coefficient (Wildman–Crippen LogP) is 6.14. The third-order valence-corrected chi connectivity index (χ3v) is 7.07. The summed E-state index contributed by atoms with van der Waals surface area (Å²) in [6.07, 6.45) is 6.62. The summed E-state index contributed by atoms with van der Waals surface area (Å²) in [6, 6.07) is 25.1. The van der Waals surface area contributed by atoms with Gasteiger partial charge in [0.25, 0.3) is 5.91 Å². The van der Waals surface area contributed by atoms with E-state index in [2.05, 4.69) is 47.5 Å². The largest absolute Gasteiger partial charge is 0.496 e. The fourth-order valence-corrected chi connectivity index (χ4v) is 5.21. The van der Waals surface area contributed by atoms with Gasteiger partial charge in [-0.15, -0.1) is 0 Å². The van der Waals surface area contributed by atoms with Crippen molar-refractivity contribution >= 4 is 5.91 Å². The van der Waals surface area contributed by atoms with Crippen LogP contribution in [0.3, 0.4) is 0 Å². The van der Waals surface area contributed by atoms with Crippen LogP contribution in [-0.2, 0) is 12.8 Å². The highest BCUT2D eigenvalue weighted by Crippen LogP contribution is 2.31. The first-order valence-electron chi connectivity index (χ1n) is 13.0. The number of nitrogens with zero attached hydrogens (tertiary/aromatic N) is 1. The lowest BCUT2D eigenvalue weighted by atomic mass is 9.86. The van der Waals surface area contributed by atoms with Crippen LogP contribution in [0.5, 0.6) is 5.75 Å². The molecule has 3 aromatic carbocycles. The number of hydrogen-bond donors (Lipinski definition) is 1. The van der Waals surface area contributed by atoms with Crippen molar-refractivity contribution in [2.45, 2.75) is 51.5 Å². The van der Waals surface area contributed by atoms with Crippen molar-refractivity contribution in [1.82, 2.24) is 10.2 Å². The van der Waals surface area contributed by atoms with Crippen molar-refractivity contribution in [3.8, 4) is 16.9 Å². The minimum atomic E-state index is 0.00728. The molecule has 0 fully saturated rings. The molecule has 0 aromatic heterocycles. The summed E-state index contributed by atoms with van der Waals surface area (Å²) in [5.74, 6) is 1.04. The number of carbonyl (C=O) groups excluding carboxylic acids is 1. The Balaban J connectivity index is 1.22. The topological polar surface area (TPSA) is 41.6 Å². The van der Waals surface area contributed by atoms with Gasteiger partial charge in [0, 0.05) is 18.2 Å². The fraction of sp³-hybridized carbons (Fsp3) is 0.387. The molecular formula is C31H38N2O2. The van der Waals surface area contributed by atoms with Gasteiger partial charge in [-0.25, -0.2) is 0 Å². The molecule has 1 aliphatic rings. The van der Waals surface area contributed by atoms with Gasteiger partial charge in [-0.2, -0.15) is 0 Å². The second-order valence-corrected chi connectivity index (χ2v) is 9.44. The summed E-state index contributed by atoms with van der Waals surface area (Å²) in [5, 5.41) is 3.10. The molecule has 4 nitrogen and oxygen atoms in total. The van der Waals surface area contributed by atoms with E-state index in [-0.39, 0.29) is 5.91 Å². The maximum atomic E-state index is 12.6. The Morgan fingerprint density at radius 3 is 2.46 bits per heavy atom. The van der Waals surface area contributed by atoms with Crippen LogP contribution in [0.25, 0.3) is 11.1 Å². The molecule has 1 aliphatic carbocycles. The van der Waals surface area contributed by atoms with E-state index in [1.165, 1.54) is 17.5 Å². The van der Waals surface area contributed by atoms with E-state index in [1.807, 2.05) is 42.5 Å². The summed E-state index contributed by atoms with van der Waals surface area (Å²) >= 11 is 0. The molecule has 0 spiro atoms. The Labute approximate surface area is 210 Å². The summed E-state index contributed by atoms with van der Waals surface area (Å²) in [7, 11) is 1.77. The van der Waals surface area contributed by atoms with Crippen molar-refractivity contribution < 1.29 is 9.53 Å². The lowest BCUT2D eigenvalue weighted by molar-refractivity contribution is 0.0952. The first-order chi connectivity index (χ1) is 17.2. The van der Waals surface area contributed by atoms with Gasteiger partial charge in [0.2, 0.25) is 0 Å². The second-order valence-electron chi connectivity index (χ2n) is 9.44. The van der Waals surface area contributed by atoms with E-state index in [9.17, 15) is 4.79 Å². The number of methoxy groups -OCH3 is 1. The lowest BCUT2D eigenvalue weighted by Gasteiger charge is -2.35. The molecule has 1 amide bonds. The normalized spacial score (nSPS) is 15.0. The van der Waals surface area contributed by atoms with Gasteiger partial charge in [-0.05, 0) is 92.1 Å². The van der Waals surface area contributed by atoms with Crippen molar-refractivity contribution in [1.29, 1.82) is 0 Å². The number of hydrogen-bond acceptors (Lipinski definition) is 3.